The van der Waals surface area contributed by atoms with Crippen molar-refractivity contribution < 1.29 is 13.9 Å². The number of halogens is 1. The van der Waals surface area contributed by atoms with Gasteiger partial charge in [-0.1, -0.05) is 25.1 Å². The molecule has 7 nitrogen and oxygen atoms in total. The van der Waals surface area contributed by atoms with E-state index in [1.54, 1.807) is 19.1 Å². The van der Waals surface area contributed by atoms with Crippen LogP contribution in [0.2, 0.25) is 0 Å². The van der Waals surface area contributed by atoms with E-state index in [2.05, 4.69) is 27.1 Å². The number of amides is 2. The van der Waals surface area contributed by atoms with Crippen LogP contribution in [0.15, 0.2) is 54.9 Å². The summed E-state index contributed by atoms with van der Waals surface area (Å²) in [6.45, 7) is 7.72. The van der Waals surface area contributed by atoms with Crippen molar-refractivity contribution in [3.63, 3.8) is 0 Å². The van der Waals surface area contributed by atoms with Gasteiger partial charge in [-0.05, 0) is 55.7 Å². The predicted molar refractivity (Wildman–Crippen MR) is 126 cm³/mol. The van der Waals surface area contributed by atoms with E-state index >= 15 is 0 Å². The third kappa shape index (κ3) is 5.22. The number of hydrogen-bond donors (Lipinski definition) is 1. The summed E-state index contributed by atoms with van der Waals surface area (Å²) in [7, 11) is 0. The van der Waals surface area contributed by atoms with Crippen LogP contribution in [-0.4, -0.2) is 46.6 Å². The van der Waals surface area contributed by atoms with Gasteiger partial charge in [0.2, 0.25) is 5.88 Å². The lowest BCUT2D eigenvalue weighted by atomic mass is 10.1. The first kappa shape index (κ1) is 22.5. The third-order valence-corrected chi connectivity index (χ3v) is 5.83. The monoisotopic (exact) mass is 449 g/mol. The molecular formula is C25H28FN5O2. The van der Waals surface area contributed by atoms with Gasteiger partial charge in [-0.25, -0.2) is 19.2 Å². The number of aryl methyl sites for hydroxylation is 2. The molecule has 0 radical (unpaired) electrons. The first-order valence-electron chi connectivity index (χ1n) is 11.1. The number of hydrogen-bond acceptors (Lipinski definition) is 5. The van der Waals surface area contributed by atoms with Crippen LogP contribution in [0.25, 0.3) is 0 Å². The van der Waals surface area contributed by atoms with Crippen molar-refractivity contribution in [3.05, 3.63) is 71.8 Å². The summed E-state index contributed by atoms with van der Waals surface area (Å²) in [5.41, 5.74) is 2.66. The predicted octanol–water partition coefficient (Wildman–Crippen LogP) is 5.02. The quantitative estimate of drug-likeness (QED) is 0.592. The van der Waals surface area contributed by atoms with Crippen LogP contribution in [0.5, 0.6) is 11.6 Å². The molecule has 2 heterocycles. The smallest absolute Gasteiger partial charge is 0.322 e. The van der Waals surface area contributed by atoms with Gasteiger partial charge in [-0.15, -0.1) is 0 Å². The summed E-state index contributed by atoms with van der Waals surface area (Å²) in [5, 5.41) is 3.06. The summed E-state index contributed by atoms with van der Waals surface area (Å²) < 4.78 is 19.2. The van der Waals surface area contributed by atoms with Gasteiger partial charge in [0.1, 0.15) is 23.7 Å². The number of nitrogens with one attached hydrogen (secondary N) is 1. The normalized spacial score (nSPS) is 15.9. The highest BCUT2D eigenvalue weighted by molar-refractivity contribution is 5.90. The number of ether oxygens (including phenoxy) is 1. The van der Waals surface area contributed by atoms with Gasteiger partial charge in [0.15, 0.2) is 0 Å². The fraction of sp³-hybridized carbons (Fsp3) is 0.320. The van der Waals surface area contributed by atoms with Crippen molar-refractivity contribution in [1.29, 1.82) is 0 Å². The molecule has 2 amide bonds. The summed E-state index contributed by atoms with van der Waals surface area (Å²) in [5.74, 6) is 1.35. The molecule has 1 aliphatic rings. The second kappa shape index (κ2) is 9.85. The third-order valence-electron chi connectivity index (χ3n) is 5.83. The highest BCUT2D eigenvalue weighted by Crippen LogP contribution is 2.27. The van der Waals surface area contributed by atoms with Gasteiger partial charge in [0.05, 0.1) is 0 Å². The van der Waals surface area contributed by atoms with E-state index in [0.717, 1.165) is 23.5 Å². The van der Waals surface area contributed by atoms with E-state index < -0.39 is 0 Å². The van der Waals surface area contributed by atoms with Gasteiger partial charge in [-0.2, -0.15) is 0 Å². The van der Waals surface area contributed by atoms with E-state index in [0.29, 0.717) is 36.8 Å². The Bertz CT molecular complexity index is 1140. The molecule has 1 aliphatic heterocycles. The van der Waals surface area contributed by atoms with Gasteiger partial charge in [0.25, 0.3) is 0 Å². The Hall–Kier alpha value is -3.68. The Balaban J connectivity index is 1.41. The van der Waals surface area contributed by atoms with E-state index in [-0.39, 0.29) is 17.9 Å². The van der Waals surface area contributed by atoms with Crippen molar-refractivity contribution in [2.45, 2.75) is 33.2 Å². The fourth-order valence-corrected chi connectivity index (χ4v) is 4.00. The molecule has 2 aromatic carbocycles. The van der Waals surface area contributed by atoms with Crippen molar-refractivity contribution in [1.82, 2.24) is 14.9 Å². The maximum Gasteiger partial charge on any atom is 0.322 e. The molecule has 0 bridgehead atoms. The number of carbonyl (C=O) groups is 1. The average Bonchev–Trinajstić information content (AvgIpc) is 2.81. The van der Waals surface area contributed by atoms with Crippen LogP contribution in [0.4, 0.5) is 20.7 Å². The molecule has 4 rings (SSSR count). The number of anilines is 2. The number of aromatic nitrogens is 2. The Labute approximate surface area is 193 Å². The largest absolute Gasteiger partial charge is 0.439 e. The Morgan fingerprint density at radius 3 is 2.76 bits per heavy atom. The number of para-hydroxylation sites is 1. The van der Waals surface area contributed by atoms with Crippen molar-refractivity contribution in [2.24, 2.45) is 0 Å². The minimum atomic E-state index is -0.308. The zero-order valence-electron chi connectivity index (χ0n) is 19.1. The molecule has 1 saturated heterocycles. The molecule has 0 saturated carbocycles. The maximum absolute atomic E-state index is 13.4. The Kier molecular flexibility index (Phi) is 6.72. The van der Waals surface area contributed by atoms with Gasteiger partial charge < -0.3 is 19.9 Å². The standard InChI is InChI=1S/C25H28FN5O2/c1-4-19-7-5-6-8-21(19)29-25(32)31-12-11-30(15-18(31)3)23-14-24(28-16-27-23)33-22-10-9-20(26)13-17(22)2/h5-10,13-14,16,18H,4,11-12,15H2,1-3H3,(H,29,32). The zero-order chi connectivity index (χ0) is 23.4. The molecule has 0 spiro atoms. The number of urea groups is 1. The molecule has 8 heteroatoms. The van der Waals surface area contributed by atoms with Gasteiger partial charge >= 0.3 is 6.03 Å². The minimum Gasteiger partial charge on any atom is -0.439 e. The van der Waals surface area contributed by atoms with Crippen LogP contribution in [0, 0.1) is 12.7 Å². The van der Waals surface area contributed by atoms with E-state index in [9.17, 15) is 9.18 Å². The first-order chi connectivity index (χ1) is 15.9. The molecule has 172 valence electrons. The number of piperazine rings is 1. The number of benzene rings is 2. The maximum atomic E-state index is 13.4. The average molecular weight is 450 g/mol. The molecule has 1 atom stereocenters. The lowest BCUT2D eigenvalue weighted by molar-refractivity contribution is 0.184. The Morgan fingerprint density at radius 2 is 2.00 bits per heavy atom. The molecule has 0 aliphatic carbocycles. The zero-order valence-corrected chi connectivity index (χ0v) is 19.1. The number of rotatable bonds is 5. The highest BCUT2D eigenvalue weighted by atomic mass is 19.1. The molecular weight excluding hydrogens is 421 g/mol. The van der Waals surface area contributed by atoms with Crippen LogP contribution >= 0.6 is 0 Å². The molecule has 1 aromatic heterocycles. The molecule has 33 heavy (non-hydrogen) atoms. The summed E-state index contributed by atoms with van der Waals surface area (Å²) in [4.78, 5) is 25.5. The van der Waals surface area contributed by atoms with E-state index in [4.69, 9.17) is 4.74 Å². The van der Waals surface area contributed by atoms with Crippen LogP contribution in [0.3, 0.4) is 0 Å². The lowest BCUT2D eigenvalue weighted by Gasteiger charge is -2.40. The highest BCUT2D eigenvalue weighted by Gasteiger charge is 2.28. The van der Waals surface area contributed by atoms with Crippen molar-refractivity contribution >= 4 is 17.5 Å². The van der Waals surface area contributed by atoms with Crippen molar-refractivity contribution in [2.75, 3.05) is 29.9 Å². The van der Waals surface area contributed by atoms with E-state index in [1.165, 1.54) is 18.5 Å². The number of nitrogens with zero attached hydrogens (tertiary/aromatic N) is 4. The van der Waals surface area contributed by atoms with Gasteiger partial charge in [0, 0.05) is 37.4 Å². The van der Waals surface area contributed by atoms with Crippen molar-refractivity contribution in [3.8, 4) is 11.6 Å². The first-order valence-corrected chi connectivity index (χ1v) is 11.1. The number of carbonyl (C=O) groups excluding carboxylic acids is 1. The second-order valence-corrected chi connectivity index (χ2v) is 8.16. The topological polar surface area (TPSA) is 70.6 Å². The summed E-state index contributed by atoms with van der Waals surface area (Å²) in [6, 6.07) is 13.9. The fourth-order valence-electron chi connectivity index (χ4n) is 4.00. The minimum absolute atomic E-state index is 0.00813. The van der Waals surface area contributed by atoms with Crippen LogP contribution in [0.1, 0.15) is 25.0 Å². The second-order valence-electron chi connectivity index (χ2n) is 8.16. The van der Waals surface area contributed by atoms with Crippen LogP contribution in [-0.2, 0) is 6.42 Å². The van der Waals surface area contributed by atoms with Crippen LogP contribution < -0.4 is 15.0 Å². The Morgan fingerprint density at radius 1 is 1.18 bits per heavy atom. The molecule has 1 N–H and O–H groups in total. The summed E-state index contributed by atoms with van der Waals surface area (Å²) >= 11 is 0. The summed E-state index contributed by atoms with van der Waals surface area (Å²) in [6.07, 6.45) is 2.31. The molecule has 1 fully saturated rings. The lowest BCUT2D eigenvalue weighted by Crippen LogP contribution is -2.55. The van der Waals surface area contributed by atoms with E-state index in [1.807, 2.05) is 36.1 Å². The molecule has 1 unspecified atom stereocenters. The SMILES string of the molecule is CCc1ccccc1NC(=O)N1CCN(c2cc(Oc3ccc(F)cc3C)ncn2)CC1C. The molecule has 3 aromatic rings. The van der Waals surface area contributed by atoms with Gasteiger partial charge in [-0.3, -0.25) is 0 Å².